The first-order valence-electron chi connectivity index (χ1n) is 7.09. The Hall–Kier alpha value is -3.21. The first kappa shape index (κ1) is 14.7. The summed E-state index contributed by atoms with van der Waals surface area (Å²) in [6, 6.07) is 11.3. The Morgan fingerprint density at radius 1 is 0.696 bits per heavy atom. The van der Waals surface area contributed by atoms with E-state index < -0.39 is 0 Å². The lowest BCUT2D eigenvalue weighted by Crippen LogP contribution is -1.84. The van der Waals surface area contributed by atoms with Crippen LogP contribution in [0.4, 0.5) is 0 Å². The van der Waals surface area contributed by atoms with E-state index in [9.17, 15) is 4.79 Å². The van der Waals surface area contributed by atoms with Gasteiger partial charge in [-0.2, -0.15) is 0 Å². The average Bonchev–Trinajstić information content (AvgIpc) is 2.61. The number of carbonyl (C=O) groups is 1. The highest BCUT2D eigenvalue weighted by Gasteiger charge is 1.95. The largest absolute Gasteiger partial charge is 0.298 e. The van der Waals surface area contributed by atoms with E-state index in [4.69, 9.17) is 0 Å². The predicted octanol–water partition coefficient (Wildman–Crippen LogP) is 3.38. The fraction of sp³-hybridized carbons (Fsp3) is 0.0556. The molecular formula is C18H14N4O. The summed E-state index contributed by atoms with van der Waals surface area (Å²) in [6.07, 6.45) is 7.45. The Kier molecular flexibility index (Phi) is 4.29. The van der Waals surface area contributed by atoms with Crippen LogP contribution < -0.4 is 0 Å². The van der Waals surface area contributed by atoms with Gasteiger partial charge in [0.25, 0.3) is 0 Å². The van der Waals surface area contributed by atoms with Gasteiger partial charge in [-0.1, -0.05) is 6.07 Å². The molecule has 5 heteroatoms. The molecule has 4 rings (SSSR count). The third kappa shape index (κ3) is 3.52. The maximum atomic E-state index is 10.4. The van der Waals surface area contributed by atoms with Crippen LogP contribution in [-0.2, 0) is 0 Å². The van der Waals surface area contributed by atoms with Crippen LogP contribution in [0.2, 0.25) is 0 Å². The van der Waals surface area contributed by atoms with E-state index in [1.807, 2.05) is 25.1 Å². The smallest absolute Gasteiger partial charge is 0.150 e. The van der Waals surface area contributed by atoms with Crippen LogP contribution in [0.3, 0.4) is 0 Å². The minimum atomic E-state index is 0.628. The minimum Gasteiger partial charge on any atom is -0.298 e. The van der Waals surface area contributed by atoms with Crippen LogP contribution >= 0.6 is 0 Å². The zero-order chi connectivity index (χ0) is 16.1. The first-order chi connectivity index (χ1) is 11.3. The highest BCUT2D eigenvalue weighted by atomic mass is 16.1. The number of benzene rings is 2. The van der Waals surface area contributed by atoms with Gasteiger partial charge in [0.2, 0.25) is 0 Å². The molecule has 0 radical (unpaired) electrons. The van der Waals surface area contributed by atoms with Crippen molar-refractivity contribution in [2.24, 2.45) is 0 Å². The van der Waals surface area contributed by atoms with Crippen LogP contribution in [0.1, 0.15) is 15.9 Å². The van der Waals surface area contributed by atoms with Gasteiger partial charge in [0.1, 0.15) is 6.29 Å². The normalized spacial score (nSPS) is 10.1. The second-order valence-electron chi connectivity index (χ2n) is 4.97. The molecule has 0 saturated carbocycles. The molecule has 0 aliphatic carbocycles. The molecule has 112 valence electrons. The molecule has 2 aromatic heterocycles. The number of carbonyl (C=O) groups excluding carboxylic acids is 1. The van der Waals surface area contributed by atoms with Crippen LogP contribution in [0, 0.1) is 6.92 Å². The van der Waals surface area contributed by atoms with Crippen molar-refractivity contribution >= 4 is 28.4 Å². The van der Waals surface area contributed by atoms with Crippen molar-refractivity contribution in [2.45, 2.75) is 6.92 Å². The van der Waals surface area contributed by atoms with Crippen molar-refractivity contribution in [3.05, 3.63) is 72.3 Å². The number of rotatable bonds is 1. The van der Waals surface area contributed by atoms with Crippen LogP contribution in [0.5, 0.6) is 0 Å². The van der Waals surface area contributed by atoms with Gasteiger partial charge in [0, 0.05) is 30.4 Å². The zero-order valence-corrected chi connectivity index (χ0v) is 12.5. The second kappa shape index (κ2) is 6.70. The predicted molar refractivity (Wildman–Crippen MR) is 89.2 cm³/mol. The number of aromatic nitrogens is 4. The number of nitrogens with zero attached hydrogens (tertiary/aromatic N) is 4. The fourth-order valence-corrected chi connectivity index (χ4v) is 2.13. The van der Waals surface area contributed by atoms with E-state index in [2.05, 4.69) is 19.9 Å². The quantitative estimate of drug-likeness (QED) is 0.504. The van der Waals surface area contributed by atoms with Gasteiger partial charge in [0.05, 0.1) is 22.1 Å². The van der Waals surface area contributed by atoms with Crippen molar-refractivity contribution in [1.82, 2.24) is 19.9 Å². The molecule has 4 aromatic rings. The molecule has 0 spiro atoms. The van der Waals surface area contributed by atoms with Gasteiger partial charge < -0.3 is 0 Å². The molecular weight excluding hydrogens is 288 g/mol. The van der Waals surface area contributed by atoms with E-state index in [1.54, 1.807) is 43.0 Å². The van der Waals surface area contributed by atoms with Gasteiger partial charge >= 0.3 is 0 Å². The molecule has 0 unspecified atom stereocenters. The number of aryl methyl sites for hydroxylation is 1. The van der Waals surface area contributed by atoms with E-state index in [1.165, 1.54) is 5.56 Å². The summed E-state index contributed by atoms with van der Waals surface area (Å²) in [4.78, 5) is 26.9. The van der Waals surface area contributed by atoms with Gasteiger partial charge in [-0.25, -0.2) is 0 Å². The summed E-state index contributed by atoms with van der Waals surface area (Å²) in [5.74, 6) is 0. The summed E-state index contributed by atoms with van der Waals surface area (Å²) in [5.41, 5.74) is 5.33. The summed E-state index contributed by atoms with van der Waals surface area (Å²) in [6.45, 7) is 2.05. The number of hydrogen-bond donors (Lipinski definition) is 0. The van der Waals surface area contributed by atoms with Crippen LogP contribution in [0.15, 0.2) is 61.2 Å². The summed E-state index contributed by atoms with van der Waals surface area (Å²) < 4.78 is 0. The molecule has 0 atom stereocenters. The first-order valence-corrected chi connectivity index (χ1v) is 7.09. The van der Waals surface area contributed by atoms with E-state index in [-0.39, 0.29) is 0 Å². The zero-order valence-electron chi connectivity index (χ0n) is 12.5. The highest BCUT2D eigenvalue weighted by molar-refractivity contribution is 5.84. The SMILES string of the molecule is Cc1ccc2nccnc2c1.O=Cc1ccc2nccnc2c1. The minimum absolute atomic E-state index is 0.628. The molecule has 0 saturated heterocycles. The van der Waals surface area contributed by atoms with Crippen molar-refractivity contribution in [3.63, 3.8) is 0 Å². The van der Waals surface area contributed by atoms with Gasteiger partial charge in [-0.05, 0) is 42.8 Å². The number of aldehydes is 1. The molecule has 0 N–H and O–H groups in total. The monoisotopic (exact) mass is 302 g/mol. The average molecular weight is 302 g/mol. The summed E-state index contributed by atoms with van der Waals surface area (Å²) >= 11 is 0. The fourth-order valence-electron chi connectivity index (χ4n) is 2.13. The lowest BCUT2D eigenvalue weighted by molar-refractivity contribution is 0.112. The second-order valence-corrected chi connectivity index (χ2v) is 4.97. The molecule has 2 heterocycles. The third-order valence-corrected chi connectivity index (χ3v) is 3.25. The summed E-state index contributed by atoms with van der Waals surface area (Å²) in [7, 11) is 0. The molecule has 5 nitrogen and oxygen atoms in total. The van der Waals surface area contributed by atoms with E-state index in [0.717, 1.165) is 28.4 Å². The lowest BCUT2D eigenvalue weighted by Gasteiger charge is -1.95. The molecule has 0 fully saturated rings. The van der Waals surface area contributed by atoms with Crippen molar-refractivity contribution < 1.29 is 4.79 Å². The summed E-state index contributed by atoms with van der Waals surface area (Å²) in [5, 5.41) is 0. The van der Waals surface area contributed by atoms with Crippen molar-refractivity contribution in [2.75, 3.05) is 0 Å². The standard InChI is InChI=1S/C9H6N2O.C9H8N2/c12-6-7-1-2-8-9(5-7)11-4-3-10-8;1-7-2-3-8-9(6-7)11-5-4-10-8/h1-6H;2-6H,1H3. The van der Waals surface area contributed by atoms with Crippen LogP contribution in [-0.4, -0.2) is 26.2 Å². The Labute approximate surface area is 133 Å². The molecule has 0 bridgehead atoms. The lowest BCUT2D eigenvalue weighted by atomic mass is 10.2. The van der Waals surface area contributed by atoms with Crippen molar-refractivity contribution in [1.29, 1.82) is 0 Å². The number of fused-ring (bicyclic) bond motifs is 2. The Balaban J connectivity index is 0.000000136. The third-order valence-electron chi connectivity index (χ3n) is 3.25. The van der Waals surface area contributed by atoms with Crippen LogP contribution in [0.25, 0.3) is 22.1 Å². The maximum Gasteiger partial charge on any atom is 0.150 e. The van der Waals surface area contributed by atoms with Gasteiger partial charge in [-0.3, -0.25) is 24.7 Å². The van der Waals surface area contributed by atoms with Gasteiger partial charge in [-0.15, -0.1) is 0 Å². The highest BCUT2D eigenvalue weighted by Crippen LogP contribution is 2.09. The Bertz CT molecular complexity index is 969. The molecule has 0 amide bonds. The van der Waals surface area contributed by atoms with Crippen molar-refractivity contribution in [3.8, 4) is 0 Å². The van der Waals surface area contributed by atoms with E-state index >= 15 is 0 Å². The number of hydrogen-bond acceptors (Lipinski definition) is 5. The molecule has 0 aliphatic rings. The maximum absolute atomic E-state index is 10.4. The topological polar surface area (TPSA) is 68.6 Å². The molecule has 0 aliphatic heterocycles. The van der Waals surface area contributed by atoms with E-state index in [0.29, 0.717) is 5.56 Å². The Morgan fingerprint density at radius 3 is 1.83 bits per heavy atom. The van der Waals surface area contributed by atoms with Gasteiger partial charge in [0.15, 0.2) is 0 Å². The molecule has 2 aromatic carbocycles. The Morgan fingerprint density at radius 2 is 1.22 bits per heavy atom. The molecule has 23 heavy (non-hydrogen) atoms.